The van der Waals surface area contributed by atoms with Gasteiger partial charge in [0, 0.05) is 11.1 Å². The van der Waals surface area contributed by atoms with Crippen LogP contribution in [0, 0.1) is 0 Å². The summed E-state index contributed by atoms with van der Waals surface area (Å²) in [6, 6.07) is 14.7. The lowest BCUT2D eigenvalue weighted by Crippen LogP contribution is -2.04. The molecule has 104 valence electrons. The van der Waals surface area contributed by atoms with E-state index in [1.807, 2.05) is 30.3 Å². The van der Waals surface area contributed by atoms with Gasteiger partial charge in [0.1, 0.15) is 18.1 Å². The van der Waals surface area contributed by atoms with Crippen molar-refractivity contribution in [3.63, 3.8) is 0 Å². The molecule has 0 aliphatic carbocycles. The van der Waals surface area contributed by atoms with Gasteiger partial charge in [-0.1, -0.05) is 36.4 Å². The molecule has 2 aromatic carbocycles. The van der Waals surface area contributed by atoms with E-state index in [0.29, 0.717) is 17.9 Å². The van der Waals surface area contributed by atoms with Gasteiger partial charge in [-0.05, 0) is 12.1 Å². The van der Waals surface area contributed by atoms with Crippen molar-refractivity contribution >= 4 is 5.97 Å². The van der Waals surface area contributed by atoms with E-state index in [1.165, 1.54) is 0 Å². The minimum absolute atomic E-state index is 0.0535. The van der Waals surface area contributed by atoms with Gasteiger partial charge in [0.2, 0.25) is 0 Å². The monoisotopic (exact) mass is 272 g/mol. The maximum Gasteiger partial charge on any atom is 0.307 e. The van der Waals surface area contributed by atoms with Crippen molar-refractivity contribution in [1.29, 1.82) is 0 Å². The van der Waals surface area contributed by atoms with Crippen molar-refractivity contribution in [3.8, 4) is 11.5 Å². The van der Waals surface area contributed by atoms with Crippen molar-refractivity contribution in [1.82, 2.24) is 0 Å². The lowest BCUT2D eigenvalue weighted by molar-refractivity contribution is -0.136. The van der Waals surface area contributed by atoms with Crippen LogP contribution in [0.25, 0.3) is 0 Å². The predicted molar refractivity (Wildman–Crippen MR) is 75.1 cm³/mol. The normalized spacial score (nSPS) is 10.1. The highest BCUT2D eigenvalue weighted by Crippen LogP contribution is 2.23. The van der Waals surface area contributed by atoms with Crippen molar-refractivity contribution < 1.29 is 19.4 Å². The van der Waals surface area contributed by atoms with Crippen LogP contribution in [0.4, 0.5) is 0 Å². The Morgan fingerprint density at radius 2 is 1.60 bits per heavy atom. The first-order chi connectivity index (χ1) is 9.70. The van der Waals surface area contributed by atoms with Crippen LogP contribution in [0.1, 0.15) is 11.1 Å². The predicted octanol–water partition coefficient (Wildman–Crippen LogP) is 2.90. The molecular formula is C16H16O4. The molecule has 1 N–H and O–H groups in total. The second kappa shape index (κ2) is 6.61. The molecule has 0 saturated carbocycles. The minimum atomic E-state index is -0.877. The molecule has 2 aromatic rings. The first kappa shape index (κ1) is 13.9. The van der Waals surface area contributed by atoms with E-state index >= 15 is 0 Å². The second-order valence-electron chi connectivity index (χ2n) is 4.28. The molecule has 0 aromatic heterocycles. The van der Waals surface area contributed by atoms with E-state index in [1.54, 1.807) is 25.3 Å². The van der Waals surface area contributed by atoms with Gasteiger partial charge < -0.3 is 14.6 Å². The van der Waals surface area contributed by atoms with E-state index in [-0.39, 0.29) is 6.42 Å². The zero-order valence-corrected chi connectivity index (χ0v) is 11.2. The molecule has 20 heavy (non-hydrogen) atoms. The van der Waals surface area contributed by atoms with Gasteiger partial charge in [0.15, 0.2) is 0 Å². The van der Waals surface area contributed by atoms with Crippen LogP contribution >= 0.6 is 0 Å². The Bertz CT molecular complexity index is 593. The molecule has 0 aliphatic heterocycles. The molecule has 0 heterocycles. The van der Waals surface area contributed by atoms with Crippen LogP contribution in [0.3, 0.4) is 0 Å². The average Bonchev–Trinajstić information content (AvgIpc) is 2.46. The maximum atomic E-state index is 10.8. The number of carboxylic acids is 1. The molecule has 4 nitrogen and oxygen atoms in total. The highest BCUT2D eigenvalue weighted by atomic mass is 16.5. The Morgan fingerprint density at radius 1 is 1.00 bits per heavy atom. The SMILES string of the molecule is COc1ccccc1COc1ccccc1CC(=O)O. The summed E-state index contributed by atoms with van der Waals surface area (Å²) < 4.78 is 11.0. The van der Waals surface area contributed by atoms with E-state index in [2.05, 4.69) is 0 Å². The average molecular weight is 272 g/mol. The molecule has 0 radical (unpaired) electrons. The standard InChI is InChI=1S/C16H16O4/c1-19-14-8-4-3-7-13(14)11-20-15-9-5-2-6-12(15)10-16(17)18/h2-9H,10-11H2,1H3,(H,17,18). The Hall–Kier alpha value is -2.49. The number of hydrogen-bond acceptors (Lipinski definition) is 3. The van der Waals surface area contributed by atoms with Crippen LogP contribution in [0.5, 0.6) is 11.5 Å². The summed E-state index contributed by atoms with van der Waals surface area (Å²) in [6.07, 6.45) is -0.0535. The molecule has 0 fully saturated rings. The Kier molecular flexibility index (Phi) is 4.60. The van der Waals surface area contributed by atoms with E-state index in [0.717, 1.165) is 11.3 Å². The zero-order valence-electron chi connectivity index (χ0n) is 11.2. The summed E-state index contributed by atoms with van der Waals surface area (Å²) in [4.78, 5) is 10.8. The fraction of sp³-hybridized carbons (Fsp3) is 0.188. The number of rotatable bonds is 6. The number of hydrogen-bond donors (Lipinski definition) is 1. The van der Waals surface area contributed by atoms with Crippen LogP contribution in [-0.4, -0.2) is 18.2 Å². The number of carbonyl (C=O) groups is 1. The molecule has 0 saturated heterocycles. The lowest BCUT2D eigenvalue weighted by Gasteiger charge is -2.12. The fourth-order valence-corrected chi connectivity index (χ4v) is 1.93. The van der Waals surface area contributed by atoms with Gasteiger partial charge in [-0.2, -0.15) is 0 Å². The summed E-state index contributed by atoms with van der Waals surface area (Å²) in [7, 11) is 1.61. The molecule has 0 amide bonds. The van der Waals surface area contributed by atoms with E-state index in [9.17, 15) is 4.79 Å². The largest absolute Gasteiger partial charge is 0.496 e. The molecule has 2 rings (SSSR count). The summed E-state index contributed by atoms with van der Waals surface area (Å²) in [6.45, 7) is 0.334. The topological polar surface area (TPSA) is 55.8 Å². The molecule has 0 aliphatic rings. The fourth-order valence-electron chi connectivity index (χ4n) is 1.93. The third kappa shape index (κ3) is 3.51. The summed E-state index contributed by atoms with van der Waals surface area (Å²) in [5.41, 5.74) is 1.58. The molecule has 0 spiro atoms. The zero-order chi connectivity index (χ0) is 14.4. The quantitative estimate of drug-likeness (QED) is 0.878. The van der Waals surface area contributed by atoms with Crippen LogP contribution < -0.4 is 9.47 Å². The van der Waals surface area contributed by atoms with Gasteiger partial charge in [-0.15, -0.1) is 0 Å². The molecule has 0 unspecified atom stereocenters. The van der Waals surface area contributed by atoms with Gasteiger partial charge in [0.25, 0.3) is 0 Å². The van der Waals surface area contributed by atoms with Crippen molar-refractivity contribution in [2.24, 2.45) is 0 Å². The summed E-state index contributed by atoms with van der Waals surface area (Å²) in [5, 5.41) is 8.88. The Labute approximate surface area is 117 Å². The number of benzene rings is 2. The van der Waals surface area contributed by atoms with Crippen LogP contribution in [-0.2, 0) is 17.8 Å². The summed E-state index contributed by atoms with van der Waals surface area (Å²) in [5.74, 6) is 0.461. The van der Waals surface area contributed by atoms with Crippen LogP contribution in [0.15, 0.2) is 48.5 Å². The van der Waals surface area contributed by atoms with Gasteiger partial charge in [0.05, 0.1) is 13.5 Å². The van der Waals surface area contributed by atoms with E-state index in [4.69, 9.17) is 14.6 Å². The first-order valence-electron chi connectivity index (χ1n) is 6.25. The first-order valence-corrected chi connectivity index (χ1v) is 6.25. The number of carboxylic acid groups (broad SMARTS) is 1. The van der Waals surface area contributed by atoms with Crippen molar-refractivity contribution in [2.75, 3.05) is 7.11 Å². The maximum absolute atomic E-state index is 10.8. The molecule has 0 atom stereocenters. The van der Waals surface area contributed by atoms with Gasteiger partial charge in [-0.3, -0.25) is 4.79 Å². The lowest BCUT2D eigenvalue weighted by atomic mass is 10.1. The van der Waals surface area contributed by atoms with Crippen molar-refractivity contribution in [2.45, 2.75) is 13.0 Å². The minimum Gasteiger partial charge on any atom is -0.496 e. The molecule has 0 bridgehead atoms. The molecule has 4 heteroatoms. The number of methoxy groups -OCH3 is 1. The van der Waals surface area contributed by atoms with E-state index < -0.39 is 5.97 Å². The number of ether oxygens (including phenoxy) is 2. The smallest absolute Gasteiger partial charge is 0.307 e. The van der Waals surface area contributed by atoms with Crippen molar-refractivity contribution in [3.05, 3.63) is 59.7 Å². The van der Waals surface area contributed by atoms with Gasteiger partial charge in [-0.25, -0.2) is 0 Å². The highest BCUT2D eigenvalue weighted by molar-refractivity contribution is 5.71. The van der Waals surface area contributed by atoms with Crippen LogP contribution in [0.2, 0.25) is 0 Å². The molecular weight excluding hydrogens is 256 g/mol. The third-order valence-corrected chi connectivity index (χ3v) is 2.89. The van der Waals surface area contributed by atoms with Gasteiger partial charge >= 0.3 is 5.97 Å². The highest BCUT2D eigenvalue weighted by Gasteiger charge is 2.08. The third-order valence-electron chi connectivity index (χ3n) is 2.89. The Morgan fingerprint density at radius 3 is 2.25 bits per heavy atom. The number of para-hydroxylation sites is 2. The summed E-state index contributed by atoms with van der Waals surface area (Å²) >= 11 is 0. The number of aliphatic carboxylic acids is 1. The Balaban J connectivity index is 2.12. The second-order valence-corrected chi connectivity index (χ2v) is 4.28.